The molecule has 1 aromatic heterocycles. The van der Waals surface area contributed by atoms with Crippen molar-refractivity contribution in [1.29, 1.82) is 0 Å². The van der Waals surface area contributed by atoms with Gasteiger partial charge in [-0.1, -0.05) is 12.1 Å². The maximum Gasteiger partial charge on any atom is 0.256 e. The quantitative estimate of drug-likeness (QED) is 0.660. The second-order valence-corrected chi connectivity index (χ2v) is 8.24. The fraction of sp³-hybridized carbons (Fsp3) is 0.391. The van der Waals surface area contributed by atoms with Crippen LogP contribution in [0.5, 0.6) is 0 Å². The van der Waals surface area contributed by atoms with Crippen molar-refractivity contribution in [1.82, 2.24) is 20.5 Å². The summed E-state index contributed by atoms with van der Waals surface area (Å²) in [5, 5.41) is 9.12. The zero-order valence-electron chi connectivity index (χ0n) is 17.9. The van der Waals surface area contributed by atoms with Crippen LogP contribution in [0.3, 0.4) is 0 Å². The molecule has 2 aliphatic rings. The summed E-state index contributed by atoms with van der Waals surface area (Å²) >= 11 is 0. The number of aromatic nitrogens is 1. The van der Waals surface area contributed by atoms with Crippen LogP contribution in [0.15, 0.2) is 42.6 Å². The minimum Gasteiger partial charge on any atom is -0.354 e. The summed E-state index contributed by atoms with van der Waals surface area (Å²) in [5.74, 6) is -0.445. The number of anilines is 1. The van der Waals surface area contributed by atoms with Gasteiger partial charge in [0.25, 0.3) is 5.91 Å². The van der Waals surface area contributed by atoms with Crippen molar-refractivity contribution in [2.24, 2.45) is 0 Å². The zero-order valence-corrected chi connectivity index (χ0v) is 17.9. The molecule has 168 valence electrons. The summed E-state index contributed by atoms with van der Waals surface area (Å²) < 4.78 is 13.3. The van der Waals surface area contributed by atoms with E-state index in [9.17, 15) is 18.8 Å². The third-order valence-electron chi connectivity index (χ3n) is 6.08. The van der Waals surface area contributed by atoms with Gasteiger partial charge in [0, 0.05) is 32.1 Å². The molecule has 2 unspecified atom stereocenters. The van der Waals surface area contributed by atoms with Gasteiger partial charge in [0.05, 0.1) is 5.56 Å². The highest BCUT2D eigenvalue weighted by atomic mass is 19.1. The number of amides is 3. The highest BCUT2D eigenvalue weighted by molar-refractivity contribution is 6.01. The number of hydrogen-bond acceptors (Lipinski definition) is 5. The number of nitrogens with one attached hydrogen (secondary N) is 3. The second kappa shape index (κ2) is 8.94. The van der Waals surface area contributed by atoms with Crippen molar-refractivity contribution in [2.45, 2.75) is 44.3 Å². The van der Waals surface area contributed by atoms with Gasteiger partial charge in [-0.05, 0) is 49.6 Å². The predicted molar refractivity (Wildman–Crippen MR) is 116 cm³/mol. The Labute approximate surface area is 185 Å². The Morgan fingerprint density at radius 1 is 1.25 bits per heavy atom. The molecule has 1 spiro atoms. The van der Waals surface area contributed by atoms with Crippen LogP contribution < -0.4 is 16.0 Å². The number of carbonyl (C=O) groups excluding carboxylic acids is 3. The molecule has 8 nitrogen and oxygen atoms in total. The Kier molecular flexibility index (Phi) is 6.07. The molecule has 2 atom stereocenters. The van der Waals surface area contributed by atoms with E-state index in [0.717, 1.165) is 5.56 Å². The molecule has 2 aromatic rings. The Bertz CT molecular complexity index is 1050. The van der Waals surface area contributed by atoms with Gasteiger partial charge in [-0.15, -0.1) is 0 Å². The number of halogens is 1. The second-order valence-electron chi connectivity index (χ2n) is 8.24. The van der Waals surface area contributed by atoms with Crippen LogP contribution in [0.1, 0.15) is 42.1 Å². The monoisotopic (exact) mass is 439 g/mol. The first-order chi connectivity index (χ1) is 15.4. The van der Waals surface area contributed by atoms with E-state index in [1.807, 2.05) is 0 Å². The Balaban J connectivity index is 1.37. The predicted octanol–water partition coefficient (Wildman–Crippen LogP) is 1.83. The van der Waals surface area contributed by atoms with Gasteiger partial charge in [0.1, 0.15) is 23.3 Å². The first kappa shape index (κ1) is 21.7. The summed E-state index contributed by atoms with van der Waals surface area (Å²) in [5.41, 5.74) is 0.478. The molecule has 3 N–H and O–H groups in total. The maximum atomic E-state index is 13.3. The molecular formula is C23H26FN5O3. The SMILES string of the molecule is CC(C(=O)NCCc1cccc(F)c1)N1CCC2(CCC1=O)NC(=O)c1cccnc1N2. The number of likely N-dealkylation sites (tertiary alicyclic amines) is 1. The summed E-state index contributed by atoms with van der Waals surface area (Å²) in [6.07, 6.45) is 3.15. The van der Waals surface area contributed by atoms with E-state index in [1.165, 1.54) is 12.1 Å². The Morgan fingerprint density at radius 3 is 2.91 bits per heavy atom. The van der Waals surface area contributed by atoms with Crippen LogP contribution >= 0.6 is 0 Å². The van der Waals surface area contributed by atoms with Crippen LogP contribution in [0.2, 0.25) is 0 Å². The summed E-state index contributed by atoms with van der Waals surface area (Å²) in [6, 6.07) is 8.98. The molecule has 0 bridgehead atoms. The molecule has 1 saturated heterocycles. The molecule has 0 aliphatic carbocycles. The number of pyridine rings is 1. The molecule has 3 heterocycles. The van der Waals surface area contributed by atoms with Gasteiger partial charge >= 0.3 is 0 Å². The van der Waals surface area contributed by atoms with Crippen molar-refractivity contribution < 1.29 is 18.8 Å². The third-order valence-corrected chi connectivity index (χ3v) is 6.08. The normalized spacial score (nSPS) is 21.2. The number of hydrogen-bond donors (Lipinski definition) is 3. The van der Waals surface area contributed by atoms with E-state index in [4.69, 9.17) is 0 Å². The Hall–Kier alpha value is -3.49. The van der Waals surface area contributed by atoms with E-state index in [2.05, 4.69) is 20.9 Å². The van der Waals surface area contributed by atoms with Crippen molar-refractivity contribution >= 4 is 23.5 Å². The largest absolute Gasteiger partial charge is 0.354 e. The zero-order chi connectivity index (χ0) is 22.7. The van der Waals surface area contributed by atoms with Crippen molar-refractivity contribution in [3.8, 4) is 0 Å². The van der Waals surface area contributed by atoms with Crippen LogP contribution in [0.4, 0.5) is 10.2 Å². The molecule has 9 heteroatoms. The minimum absolute atomic E-state index is 0.141. The fourth-order valence-corrected chi connectivity index (χ4v) is 4.23. The third kappa shape index (κ3) is 4.56. The lowest BCUT2D eigenvalue weighted by molar-refractivity contribution is -0.139. The van der Waals surface area contributed by atoms with Crippen molar-refractivity contribution in [3.63, 3.8) is 0 Å². The molecule has 4 rings (SSSR count). The lowest BCUT2D eigenvalue weighted by atomic mass is 9.97. The fourth-order valence-electron chi connectivity index (χ4n) is 4.23. The highest BCUT2D eigenvalue weighted by Gasteiger charge is 2.42. The van der Waals surface area contributed by atoms with Gasteiger partial charge < -0.3 is 20.9 Å². The first-order valence-electron chi connectivity index (χ1n) is 10.7. The van der Waals surface area contributed by atoms with Gasteiger partial charge in [-0.25, -0.2) is 9.37 Å². The topological polar surface area (TPSA) is 103 Å². The average Bonchev–Trinajstić information content (AvgIpc) is 2.92. The molecular weight excluding hydrogens is 413 g/mol. The van der Waals surface area contributed by atoms with E-state index in [0.29, 0.717) is 43.7 Å². The molecule has 3 amide bonds. The van der Waals surface area contributed by atoms with Gasteiger partial charge in [-0.2, -0.15) is 0 Å². The standard InChI is InChI=1S/C23H26FN5O3/c1-15(21(31)26-12-8-16-4-2-5-17(24)14-16)29-13-10-23(9-7-19(29)30)27-20-18(22(32)28-23)6-3-11-25-20/h2-6,11,14-15H,7-10,12-13H2,1H3,(H,25,27)(H,26,31)(H,28,32). The van der Waals surface area contributed by atoms with E-state index >= 15 is 0 Å². The van der Waals surface area contributed by atoms with Crippen LogP contribution in [-0.4, -0.2) is 52.4 Å². The number of nitrogens with zero attached hydrogens (tertiary/aromatic N) is 2. The number of rotatable bonds is 5. The number of benzene rings is 1. The van der Waals surface area contributed by atoms with Crippen LogP contribution in [0.25, 0.3) is 0 Å². The molecule has 32 heavy (non-hydrogen) atoms. The number of carbonyl (C=O) groups is 3. The lowest BCUT2D eigenvalue weighted by Gasteiger charge is -2.39. The Morgan fingerprint density at radius 2 is 2.09 bits per heavy atom. The molecule has 1 fully saturated rings. The van der Waals surface area contributed by atoms with E-state index in [-0.39, 0.29) is 30.0 Å². The van der Waals surface area contributed by atoms with Gasteiger partial charge in [0.15, 0.2) is 0 Å². The van der Waals surface area contributed by atoms with Gasteiger partial charge in [-0.3, -0.25) is 14.4 Å². The van der Waals surface area contributed by atoms with Crippen LogP contribution in [0, 0.1) is 5.82 Å². The minimum atomic E-state index is -0.781. The molecule has 0 radical (unpaired) electrons. The van der Waals surface area contributed by atoms with E-state index < -0.39 is 11.7 Å². The maximum absolute atomic E-state index is 13.3. The number of fused-ring (bicyclic) bond motifs is 1. The first-order valence-corrected chi connectivity index (χ1v) is 10.7. The summed E-state index contributed by atoms with van der Waals surface area (Å²) in [4.78, 5) is 43.8. The smallest absolute Gasteiger partial charge is 0.256 e. The molecule has 2 aliphatic heterocycles. The average molecular weight is 439 g/mol. The van der Waals surface area contributed by atoms with Gasteiger partial charge in [0.2, 0.25) is 11.8 Å². The highest BCUT2D eigenvalue weighted by Crippen LogP contribution is 2.30. The lowest BCUT2D eigenvalue weighted by Crippen LogP contribution is -2.58. The molecule has 1 aromatic carbocycles. The van der Waals surface area contributed by atoms with Crippen molar-refractivity contribution in [3.05, 3.63) is 59.5 Å². The summed E-state index contributed by atoms with van der Waals surface area (Å²) in [6.45, 7) is 2.35. The molecule has 0 saturated carbocycles. The van der Waals surface area contributed by atoms with E-state index in [1.54, 1.807) is 42.3 Å². The van der Waals surface area contributed by atoms with Crippen LogP contribution in [-0.2, 0) is 16.0 Å². The summed E-state index contributed by atoms with van der Waals surface area (Å²) in [7, 11) is 0. The van der Waals surface area contributed by atoms with Crippen molar-refractivity contribution in [2.75, 3.05) is 18.4 Å².